The fourth-order valence-corrected chi connectivity index (χ4v) is 3.03. The molecule has 5 heteroatoms. The minimum atomic E-state index is -0.525. The number of hydrogen-bond acceptors (Lipinski definition) is 3. The quantitative estimate of drug-likeness (QED) is 0.562. The fourth-order valence-electron chi connectivity index (χ4n) is 3.03. The Morgan fingerprint density at radius 3 is 2.48 bits per heavy atom. The summed E-state index contributed by atoms with van der Waals surface area (Å²) in [7, 11) is 0. The Kier molecular flexibility index (Phi) is 3.35. The van der Waals surface area contributed by atoms with Gasteiger partial charge in [-0.05, 0) is 25.1 Å². The molecule has 0 unspecified atom stereocenters. The average Bonchev–Trinajstić information content (AvgIpc) is 2.99. The number of nitrogens with two attached hydrogens (primary N) is 1. The molecule has 0 spiro atoms. The topological polar surface area (TPSA) is 88.8 Å². The first kappa shape index (κ1) is 15.1. The van der Waals surface area contributed by atoms with Crippen molar-refractivity contribution < 1.29 is 9.59 Å². The van der Waals surface area contributed by atoms with Crippen LogP contribution in [0.25, 0.3) is 33.2 Å². The van der Waals surface area contributed by atoms with E-state index in [0.29, 0.717) is 27.9 Å². The number of ketones is 1. The van der Waals surface area contributed by atoms with Crippen LogP contribution >= 0.6 is 0 Å². The maximum absolute atomic E-state index is 12.0. The number of Topliss-reactive ketones (excluding diaryl/α,β-unsaturated/α-hetero) is 1. The molecule has 2 aromatic heterocycles. The summed E-state index contributed by atoms with van der Waals surface area (Å²) in [6.45, 7) is 1.52. The number of aromatic amines is 1. The van der Waals surface area contributed by atoms with Crippen molar-refractivity contribution in [2.24, 2.45) is 5.73 Å². The van der Waals surface area contributed by atoms with Crippen LogP contribution in [0.15, 0.2) is 54.6 Å². The van der Waals surface area contributed by atoms with E-state index >= 15 is 0 Å². The van der Waals surface area contributed by atoms with Gasteiger partial charge in [-0.25, -0.2) is 4.98 Å². The first-order chi connectivity index (χ1) is 12.0. The molecule has 0 aliphatic carbocycles. The largest absolute Gasteiger partial charge is 0.366 e. The van der Waals surface area contributed by atoms with Crippen LogP contribution in [0.2, 0.25) is 0 Å². The van der Waals surface area contributed by atoms with E-state index in [9.17, 15) is 9.59 Å². The molecule has 0 saturated heterocycles. The number of aromatic nitrogens is 2. The zero-order valence-corrected chi connectivity index (χ0v) is 13.5. The molecule has 1 amide bonds. The highest BCUT2D eigenvalue weighted by atomic mass is 16.1. The second-order valence-electron chi connectivity index (χ2n) is 5.95. The minimum absolute atomic E-state index is 0.0198. The number of primary amides is 1. The number of carbonyl (C=O) groups is 2. The van der Waals surface area contributed by atoms with Crippen LogP contribution in [-0.2, 0) is 0 Å². The van der Waals surface area contributed by atoms with Crippen LogP contribution in [-0.4, -0.2) is 21.7 Å². The Bertz CT molecular complexity index is 1140. The van der Waals surface area contributed by atoms with Gasteiger partial charge in [0.2, 0.25) is 0 Å². The number of rotatable bonds is 3. The van der Waals surface area contributed by atoms with Crippen molar-refractivity contribution in [2.75, 3.05) is 0 Å². The highest BCUT2D eigenvalue weighted by Crippen LogP contribution is 2.30. The smallest absolute Gasteiger partial charge is 0.250 e. The van der Waals surface area contributed by atoms with Gasteiger partial charge in [0, 0.05) is 22.0 Å². The predicted molar refractivity (Wildman–Crippen MR) is 97.6 cm³/mol. The summed E-state index contributed by atoms with van der Waals surface area (Å²) >= 11 is 0. The number of pyridine rings is 1. The first-order valence-corrected chi connectivity index (χ1v) is 7.87. The molecule has 0 aliphatic rings. The maximum Gasteiger partial charge on any atom is 0.250 e. The number of nitrogens with one attached hydrogen (secondary N) is 1. The number of H-pyrrole nitrogens is 1. The van der Waals surface area contributed by atoms with Gasteiger partial charge in [-0.2, -0.15) is 0 Å². The number of fused-ring (bicyclic) bond motifs is 3. The summed E-state index contributed by atoms with van der Waals surface area (Å²) in [5.41, 5.74) is 10.2. The molecule has 0 saturated carbocycles. The second kappa shape index (κ2) is 5.56. The Balaban J connectivity index is 2.07. The van der Waals surface area contributed by atoms with Gasteiger partial charge in [-0.1, -0.05) is 36.4 Å². The Morgan fingerprint density at radius 1 is 1.04 bits per heavy atom. The number of benzene rings is 2. The highest BCUT2D eigenvalue weighted by molar-refractivity contribution is 6.14. The van der Waals surface area contributed by atoms with E-state index in [2.05, 4.69) is 4.98 Å². The van der Waals surface area contributed by atoms with Crippen molar-refractivity contribution in [3.63, 3.8) is 0 Å². The Labute approximate surface area is 143 Å². The SMILES string of the molecule is CC(=O)c1ccc2c(c1)[nH]c1c(C(N)=O)cc(-c3ccccc3)nc12. The molecule has 0 bridgehead atoms. The van der Waals surface area contributed by atoms with Gasteiger partial charge in [0.15, 0.2) is 5.78 Å². The lowest BCUT2D eigenvalue weighted by Gasteiger charge is -2.05. The highest BCUT2D eigenvalue weighted by Gasteiger charge is 2.16. The third-order valence-corrected chi connectivity index (χ3v) is 4.30. The second-order valence-corrected chi connectivity index (χ2v) is 5.95. The molecule has 25 heavy (non-hydrogen) atoms. The molecule has 0 aliphatic heterocycles. The molecular formula is C20H15N3O2. The molecule has 4 aromatic rings. The lowest BCUT2D eigenvalue weighted by atomic mass is 10.1. The van der Waals surface area contributed by atoms with Gasteiger partial charge >= 0.3 is 0 Å². The molecule has 2 heterocycles. The lowest BCUT2D eigenvalue weighted by Crippen LogP contribution is -2.12. The third kappa shape index (κ3) is 2.46. The number of carbonyl (C=O) groups excluding carboxylic acids is 2. The molecule has 5 nitrogen and oxygen atoms in total. The van der Waals surface area contributed by atoms with Gasteiger partial charge in [0.05, 0.1) is 22.3 Å². The van der Waals surface area contributed by atoms with Crippen molar-refractivity contribution in [2.45, 2.75) is 6.92 Å². The van der Waals surface area contributed by atoms with E-state index in [1.165, 1.54) is 6.92 Å². The van der Waals surface area contributed by atoms with E-state index in [-0.39, 0.29) is 5.78 Å². The van der Waals surface area contributed by atoms with Gasteiger partial charge in [0.1, 0.15) is 0 Å². The lowest BCUT2D eigenvalue weighted by molar-refractivity contribution is 0.0997. The summed E-state index contributed by atoms with van der Waals surface area (Å²) in [4.78, 5) is 31.5. The van der Waals surface area contributed by atoms with Crippen molar-refractivity contribution in [3.8, 4) is 11.3 Å². The zero-order valence-electron chi connectivity index (χ0n) is 13.5. The molecule has 0 radical (unpaired) electrons. The van der Waals surface area contributed by atoms with Gasteiger partial charge < -0.3 is 10.7 Å². The van der Waals surface area contributed by atoms with Gasteiger partial charge in [-0.3, -0.25) is 9.59 Å². The zero-order chi connectivity index (χ0) is 17.6. The monoisotopic (exact) mass is 329 g/mol. The molecule has 4 rings (SSSR count). The maximum atomic E-state index is 12.0. The Hall–Kier alpha value is -3.47. The number of amides is 1. The van der Waals surface area contributed by atoms with E-state index in [1.54, 1.807) is 18.2 Å². The predicted octanol–water partition coefficient (Wildman–Crippen LogP) is 3.68. The van der Waals surface area contributed by atoms with Crippen LogP contribution in [0, 0.1) is 0 Å². The molecule has 3 N–H and O–H groups in total. The van der Waals surface area contributed by atoms with E-state index in [1.807, 2.05) is 36.4 Å². The minimum Gasteiger partial charge on any atom is -0.366 e. The summed E-state index contributed by atoms with van der Waals surface area (Å²) in [6, 6.07) is 16.7. The summed E-state index contributed by atoms with van der Waals surface area (Å²) < 4.78 is 0. The van der Waals surface area contributed by atoms with Crippen molar-refractivity contribution in [3.05, 3.63) is 65.7 Å². The third-order valence-electron chi connectivity index (χ3n) is 4.30. The van der Waals surface area contributed by atoms with Crippen molar-refractivity contribution in [1.82, 2.24) is 9.97 Å². The molecular weight excluding hydrogens is 314 g/mol. The number of hydrogen-bond donors (Lipinski definition) is 2. The molecule has 122 valence electrons. The Morgan fingerprint density at radius 2 is 1.80 bits per heavy atom. The van der Waals surface area contributed by atoms with E-state index in [4.69, 9.17) is 10.7 Å². The average molecular weight is 329 g/mol. The van der Waals surface area contributed by atoms with Crippen LogP contribution < -0.4 is 5.73 Å². The van der Waals surface area contributed by atoms with E-state index in [0.717, 1.165) is 16.5 Å². The fraction of sp³-hybridized carbons (Fsp3) is 0.0500. The first-order valence-electron chi connectivity index (χ1n) is 7.87. The summed E-state index contributed by atoms with van der Waals surface area (Å²) in [6.07, 6.45) is 0. The van der Waals surface area contributed by atoms with Gasteiger partial charge in [-0.15, -0.1) is 0 Å². The standard InChI is InChI=1S/C20H15N3O2/c1-11(24)13-7-8-14-17(9-13)23-19-15(20(21)25)10-16(22-18(14)19)12-5-3-2-4-6-12/h2-10,23H,1H3,(H2,21,25). The van der Waals surface area contributed by atoms with Crippen molar-refractivity contribution in [1.29, 1.82) is 0 Å². The normalized spacial score (nSPS) is 11.1. The molecule has 0 atom stereocenters. The van der Waals surface area contributed by atoms with Crippen molar-refractivity contribution >= 4 is 33.6 Å². The van der Waals surface area contributed by atoms with E-state index < -0.39 is 5.91 Å². The van der Waals surface area contributed by atoms with Gasteiger partial charge in [0.25, 0.3) is 5.91 Å². The molecule has 2 aromatic carbocycles. The number of nitrogens with zero attached hydrogens (tertiary/aromatic N) is 1. The summed E-state index contributed by atoms with van der Waals surface area (Å²) in [5, 5.41) is 0.847. The van der Waals surface area contributed by atoms with Crippen LogP contribution in [0.5, 0.6) is 0 Å². The molecule has 0 fully saturated rings. The van der Waals surface area contributed by atoms with Crippen LogP contribution in [0.4, 0.5) is 0 Å². The van der Waals surface area contributed by atoms with Crippen LogP contribution in [0.3, 0.4) is 0 Å². The summed E-state index contributed by atoms with van der Waals surface area (Å²) in [5.74, 6) is -0.545. The van der Waals surface area contributed by atoms with Crippen LogP contribution in [0.1, 0.15) is 27.6 Å².